The van der Waals surface area contributed by atoms with Crippen LogP contribution in [-0.2, 0) is 16.0 Å². The SMILES string of the molecule is [N-]=[N+]=Nc1ccccc1C[C@@]1(C(=O)NC2CCC(O)CC2)N=C(c2ccc(OCCCO)cc2)O[C@@H]1c1ccccc1N=[N+]=[N-]. The largest absolute Gasteiger partial charge is 0.494 e. The highest BCUT2D eigenvalue weighted by molar-refractivity contribution is 6.01. The number of nitrogens with one attached hydrogen (secondary N) is 1. The molecule has 232 valence electrons. The number of rotatable bonds is 12. The number of hydrogen-bond donors (Lipinski definition) is 3. The van der Waals surface area contributed by atoms with Crippen molar-refractivity contribution in [1.29, 1.82) is 0 Å². The third-order valence-corrected chi connectivity index (χ3v) is 8.04. The highest BCUT2D eigenvalue weighted by Gasteiger charge is 2.54. The summed E-state index contributed by atoms with van der Waals surface area (Å²) < 4.78 is 12.2. The summed E-state index contributed by atoms with van der Waals surface area (Å²) in [6.45, 7) is 0.382. The van der Waals surface area contributed by atoms with Crippen LogP contribution in [0.15, 0.2) is 88.0 Å². The van der Waals surface area contributed by atoms with Gasteiger partial charge < -0.3 is 25.0 Å². The van der Waals surface area contributed by atoms with Gasteiger partial charge in [-0.15, -0.1) is 0 Å². The number of nitrogens with zero attached hydrogens (tertiary/aromatic N) is 7. The number of benzene rings is 3. The fourth-order valence-corrected chi connectivity index (χ4v) is 5.73. The molecule has 0 aromatic heterocycles. The van der Waals surface area contributed by atoms with E-state index in [1.54, 1.807) is 72.8 Å². The van der Waals surface area contributed by atoms with Crippen molar-refractivity contribution in [2.45, 2.75) is 62.3 Å². The molecule has 1 saturated carbocycles. The molecular formula is C32H34N8O5. The molecule has 0 unspecified atom stereocenters. The van der Waals surface area contributed by atoms with Gasteiger partial charge in [0.25, 0.3) is 5.91 Å². The van der Waals surface area contributed by atoms with Gasteiger partial charge in [-0.3, -0.25) is 4.79 Å². The summed E-state index contributed by atoms with van der Waals surface area (Å²) in [6.07, 6.45) is 1.42. The van der Waals surface area contributed by atoms with Crippen LogP contribution in [-0.4, -0.2) is 52.9 Å². The normalized spacial score (nSPS) is 22.3. The molecule has 3 aromatic carbocycles. The molecule has 5 rings (SSSR count). The Hall–Kier alpha value is -5.06. The number of aliphatic hydroxyl groups is 2. The van der Waals surface area contributed by atoms with E-state index in [1.807, 2.05) is 0 Å². The molecule has 2 aliphatic rings. The number of amides is 1. The average Bonchev–Trinajstić information content (AvgIpc) is 3.44. The zero-order valence-electron chi connectivity index (χ0n) is 24.6. The fraction of sp³-hybridized carbons (Fsp3) is 0.375. The van der Waals surface area contributed by atoms with Gasteiger partial charge in [0.2, 0.25) is 5.90 Å². The molecule has 0 bridgehead atoms. The van der Waals surface area contributed by atoms with Crippen LogP contribution in [0.4, 0.5) is 11.4 Å². The maximum Gasteiger partial charge on any atom is 0.252 e. The molecule has 1 amide bonds. The van der Waals surface area contributed by atoms with Crippen molar-refractivity contribution < 1.29 is 24.5 Å². The summed E-state index contributed by atoms with van der Waals surface area (Å²) in [5.74, 6) is 0.398. The summed E-state index contributed by atoms with van der Waals surface area (Å²) in [5, 5.41) is 30.0. The quantitative estimate of drug-likeness (QED) is 0.0940. The molecule has 3 aromatic rings. The summed E-state index contributed by atoms with van der Waals surface area (Å²) in [5.41, 5.74) is 19.3. The maximum absolute atomic E-state index is 14.6. The molecule has 1 heterocycles. The van der Waals surface area contributed by atoms with Gasteiger partial charge in [-0.05, 0) is 66.6 Å². The lowest BCUT2D eigenvalue weighted by Crippen LogP contribution is -2.53. The van der Waals surface area contributed by atoms with E-state index in [9.17, 15) is 21.0 Å². The molecule has 1 aliphatic carbocycles. The number of ether oxygens (including phenoxy) is 2. The maximum atomic E-state index is 14.6. The lowest BCUT2D eigenvalue weighted by molar-refractivity contribution is -0.130. The Morgan fingerprint density at radius 2 is 1.64 bits per heavy atom. The van der Waals surface area contributed by atoms with Gasteiger partial charge in [0, 0.05) is 57.8 Å². The van der Waals surface area contributed by atoms with E-state index in [4.69, 9.17) is 19.6 Å². The first-order chi connectivity index (χ1) is 22.0. The van der Waals surface area contributed by atoms with Crippen LogP contribution in [0.25, 0.3) is 20.9 Å². The second kappa shape index (κ2) is 14.6. The van der Waals surface area contributed by atoms with Gasteiger partial charge >= 0.3 is 0 Å². The van der Waals surface area contributed by atoms with Gasteiger partial charge in [0.05, 0.1) is 12.7 Å². The molecule has 13 nitrogen and oxygen atoms in total. The Kier molecular flexibility index (Phi) is 10.2. The van der Waals surface area contributed by atoms with Crippen LogP contribution in [0.5, 0.6) is 5.75 Å². The van der Waals surface area contributed by atoms with Crippen LogP contribution in [0, 0.1) is 0 Å². The fourth-order valence-electron chi connectivity index (χ4n) is 5.73. The number of hydrogen-bond acceptors (Lipinski definition) is 8. The lowest BCUT2D eigenvalue weighted by Gasteiger charge is -2.34. The average molecular weight is 611 g/mol. The zero-order chi connectivity index (χ0) is 31.6. The third kappa shape index (κ3) is 7.19. The van der Waals surface area contributed by atoms with Crippen molar-refractivity contribution >= 4 is 23.2 Å². The first kappa shape index (κ1) is 31.4. The van der Waals surface area contributed by atoms with E-state index in [0.29, 0.717) is 66.8 Å². The van der Waals surface area contributed by atoms with Crippen molar-refractivity contribution in [2.24, 2.45) is 15.2 Å². The summed E-state index contributed by atoms with van der Waals surface area (Å²) >= 11 is 0. The number of carbonyl (C=O) groups is 1. The van der Waals surface area contributed by atoms with E-state index >= 15 is 0 Å². The second-order valence-electron chi connectivity index (χ2n) is 11.0. The molecule has 0 saturated heterocycles. The molecule has 0 radical (unpaired) electrons. The molecule has 2 atom stereocenters. The minimum atomic E-state index is -1.61. The highest BCUT2D eigenvalue weighted by atomic mass is 16.5. The molecule has 0 spiro atoms. The van der Waals surface area contributed by atoms with Crippen LogP contribution in [0.3, 0.4) is 0 Å². The number of azide groups is 2. The van der Waals surface area contributed by atoms with E-state index in [1.165, 1.54) is 0 Å². The van der Waals surface area contributed by atoms with Crippen molar-refractivity contribution in [3.63, 3.8) is 0 Å². The minimum Gasteiger partial charge on any atom is -0.494 e. The van der Waals surface area contributed by atoms with Crippen molar-refractivity contribution in [3.8, 4) is 5.75 Å². The van der Waals surface area contributed by atoms with Crippen LogP contribution >= 0.6 is 0 Å². The Bertz CT molecular complexity index is 1630. The summed E-state index contributed by atoms with van der Waals surface area (Å²) in [4.78, 5) is 25.6. The number of carbonyl (C=O) groups excluding carboxylic acids is 1. The predicted molar refractivity (Wildman–Crippen MR) is 167 cm³/mol. The Morgan fingerprint density at radius 3 is 2.36 bits per heavy atom. The topological polar surface area (TPSA) is 198 Å². The summed E-state index contributed by atoms with van der Waals surface area (Å²) in [6, 6.07) is 20.7. The Balaban J connectivity index is 1.63. The van der Waals surface area contributed by atoms with E-state index in [2.05, 4.69) is 25.4 Å². The predicted octanol–water partition coefficient (Wildman–Crippen LogP) is 6.25. The highest BCUT2D eigenvalue weighted by Crippen LogP contribution is 2.46. The van der Waals surface area contributed by atoms with Crippen LogP contribution in [0.1, 0.15) is 54.9 Å². The molecule has 13 heteroatoms. The van der Waals surface area contributed by atoms with Crippen molar-refractivity contribution in [2.75, 3.05) is 13.2 Å². The first-order valence-electron chi connectivity index (χ1n) is 14.8. The van der Waals surface area contributed by atoms with Gasteiger partial charge in [-0.1, -0.05) is 58.8 Å². The van der Waals surface area contributed by atoms with Crippen molar-refractivity contribution in [3.05, 3.63) is 110 Å². The smallest absolute Gasteiger partial charge is 0.252 e. The van der Waals surface area contributed by atoms with E-state index in [0.717, 1.165) is 0 Å². The minimum absolute atomic E-state index is 0.00446. The second-order valence-corrected chi connectivity index (χ2v) is 11.0. The number of aliphatic hydroxyl groups excluding tert-OH is 2. The van der Waals surface area contributed by atoms with Gasteiger partial charge in [-0.2, -0.15) is 0 Å². The third-order valence-electron chi connectivity index (χ3n) is 8.04. The number of aliphatic imine (C=N–C) groups is 1. The van der Waals surface area contributed by atoms with Crippen LogP contribution < -0.4 is 10.1 Å². The van der Waals surface area contributed by atoms with Crippen LogP contribution in [0.2, 0.25) is 0 Å². The van der Waals surface area contributed by atoms with E-state index < -0.39 is 23.7 Å². The first-order valence-corrected chi connectivity index (χ1v) is 14.8. The van der Waals surface area contributed by atoms with Gasteiger partial charge in [-0.25, -0.2) is 4.99 Å². The molecule has 1 aliphatic heterocycles. The van der Waals surface area contributed by atoms with E-state index in [-0.39, 0.29) is 30.7 Å². The van der Waals surface area contributed by atoms with Gasteiger partial charge in [0.1, 0.15) is 5.75 Å². The summed E-state index contributed by atoms with van der Waals surface area (Å²) in [7, 11) is 0. The molecule has 1 fully saturated rings. The zero-order valence-corrected chi connectivity index (χ0v) is 24.6. The monoisotopic (exact) mass is 610 g/mol. The Labute approximate surface area is 259 Å². The van der Waals surface area contributed by atoms with Crippen molar-refractivity contribution in [1.82, 2.24) is 5.32 Å². The van der Waals surface area contributed by atoms with Gasteiger partial charge in [0.15, 0.2) is 11.6 Å². The molecular weight excluding hydrogens is 576 g/mol. The standard InChI is InChI=1S/C32H34N8O5/c33-39-37-27-8-3-1-6-22(27)20-32(31(43)35-23-12-14-24(42)15-13-23)29(26-7-2-4-9-28(26)38-40-34)45-30(36-32)21-10-16-25(17-11-21)44-19-5-18-41/h1-4,6-11,16-17,23-24,29,41-42H,5,12-15,18-20H2,(H,35,43)/t23?,24?,29-,32-/m1/s1. The Morgan fingerprint density at radius 1 is 0.978 bits per heavy atom. The molecule has 45 heavy (non-hydrogen) atoms. The lowest BCUT2D eigenvalue weighted by atomic mass is 9.80. The molecule has 3 N–H and O–H groups in total.